The molecule has 0 bridgehead atoms. The van der Waals surface area contributed by atoms with E-state index >= 15 is 0 Å². The average Bonchev–Trinajstić information content (AvgIpc) is 2.31. The molecular formula is C17H26O3. The largest absolute Gasteiger partial charge is 0.508 e. The molecule has 20 heavy (non-hydrogen) atoms. The van der Waals surface area contributed by atoms with Crippen molar-refractivity contribution in [1.82, 2.24) is 0 Å². The highest BCUT2D eigenvalue weighted by Gasteiger charge is 2.27. The van der Waals surface area contributed by atoms with Gasteiger partial charge in [-0.1, -0.05) is 32.9 Å². The first kappa shape index (κ1) is 16.5. The normalized spacial score (nSPS) is 14.1. The molecule has 0 aliphatic carbocycles. The van der Waals surface area contributed by atoms with Crippen LogP contribution < -0.4 is 0 Å². The monoisotopic (exact) mass is 278 g/mol. The van der Waals surface area contributed by atoms with Gasteiger partial charge in [-0.05, 0) is 37.3 Å². The minimum Gasteiger partial charge on any atom is -0.508 e. The van der Waals surface area contributed by atoms with Gasteiger partial charge in [0, 0.05) is 18.4 Å². The van der Waals surface area contributed by atoms with Crippen LogP contribution in [0.2, 0.25) is 0 Å². The fourth-order valence-corrected chi connectivity index (χ4v) is 2.62. The summed E-state index contributed by atoms with van der Waals surface area (Å²) in [7, 11) is 0. The number of rotatable bonds is 6. The Balaban J connectivity index is 3.07. The molecule has 2 unspecified atom stereocenters. The third-order valence-electron chi connectivity index (χ3n) is 3.50. The van der Waals surface area contributed by atoms with Crippen molar-refractivity contribution < 1.29 is 14.6 Å². The maximum absolute atomic E-state index is 11.3. The van der Waals surface area contributed by atoms with Crippen LogP contribution in [0.5, 0.6) is 5.75 Å². The highest BCUT2D eigenvalue weighted by Crippen LogP contribution is 2.35. The number of phenolic OH excluding ortho intramolecular Hbond substituents is 1. The second-order valence-electron chi connectivity index (χ2n) is 5.85. The molecule has 0 aromatic heterocycles. The summed E-state index contributed by atoms with van der Waals surface area (Å²) >= 11 is 0. The first-order valence-corrected chi connectivity index (χ1v) is 7.31. The van der Waals surface area contributed by atoms with E-state index in [0.717, 1.165) is 24.0 Å². The van der Waals surface area contributed by atoms with E-state index in [1.807, 2.05) is 19.1 Å². The van der Waals surface area contributed by atoms with Gasteiger partial charge in [0.05, 0.1) is 0 Å². The SMILES string of the molecule is CCC(c1ccc(C)cc1O)C(CC(C)C)OC(C)=O. The molecule has 0 amide bonds. The Kier molecular flexibility index (Phi) is 6.05. The average molecular weight is 278 g/mol. The van der Waals surface area contributed by atoms with Gasteiger partial charge in [0.1, 0.15) is 11.9 Å². The van der Waals surface area contributed by atoms with Crippen LogP contribution in [0.3, 0.4) is 0 Å². The van der Waals surface area contributed by atoms with Crippen molar-refractivity contribution in [3.63, 3.8) is 0 Å². The van der Waals surface area contributed by atoms with E-state index in [9.17, 15) is 9.90 Å². The molecule has 0 saturated carbocycles. The molecular weight excluding hydrogens is 252 g/mol. The summed E-state index contributed by atoms with van der Waals surface area (Å²) in [5, 5.41) is 10.2. The van der Waals surface area contributed by atoms with Crippen LogP contribution in [0.1, 0.15) is 57.6 Å². The molecule has 0 aliphatic rings. The molecule has 0 spiro atoms. The summed E-state index contributed by atoms with van der Waals surface area (Å²) in [6.07, 6.45) is 1.43. The number of phenols is 1. The number of ether oxygens (including phenoxy) is 1. The van der Waals surface area contributed by atoms with Crippen LogP contribution in [0, 0.1) is 12.8 Å². The maximum atomic E-state index is 11.3. The van der Waals surface area contributed by atoms with E-state index in [1.165, 1.54) is 6.92 Å². The summed E-state index contributed by atoms with van der Waals surface area (Å²) in [5.74, 6) is 0.487. The molecule has 0 heterocycles. The van der Waals surface area contributed by atoms with Gasteiger partial charge < -0.3 is 9.84 Å². The van der Waals surface area contributed by atoms with Gasteiger partial charge in [-0.25, -0.2) is 0 Å². The highest BCUT2D eigenvalue weighted by atomic mass is 16.5. The number of aryl methyl sites for hydroxylation is 1. The number of aromatic hydroxyl groups is 1. The molecule has 0 radical (unpaired) electrons. The predicted octanol–water partition coefficient (Wildman–Crippen LogP) is 4.17. The minimum atomic E-state index is -0.263. The minimum absolute atomic E-state index is 0.0295. The number of esters is 1. The van der Waals surface area contributed by atoms with E-state index in [2.05, 4.69) is 20.8 Å². The zero-order chi connectivity index (χ0) is 15.3. The van der Waals surface area contributed by atoms with Gasteiger partial charge in [-0.2, -0.15) is 0 Å². The Labute approximate surface area is 122 Å². The van der Waals surface area contributed by atoms with Crippen LogP contribution in [-0.4, -0.2) is 17.2 Å². The Bertz CT molecular complexity index is 452. The van der Waals surface area contributed by atoms with E-state index < -0.39 is 0 Å². The summed E-state index contributed by atoms with van der Waals surface area (Å²) in [5.41, 5.74) is 1.89. The molecule has 2 atom stereocenters. The number of benzene rings is 1. The van der Waals surface area contributed by atoms with Crippen LogP contribution in [-0.2, 0) is 9.53 Å². The fourth-order valence-electron chi connectivity index (χ4n) is 2.62. The molecule has 1 aromatic carbocycles. The fraction of sp³-hybridized carbons (Fsp3) is 0.588. The molecule has 0 fully saturated rings. The lowest BCUT2D eigenvalue weighted by Crippen LogP contribution is -2.26. The first-order valence-electron chi connectivity index (χ1n) is 7.31. The number of carbonyl (C=O) groups excluding carboxylic acids is 1. The van der Waals surface area contributed by atoms with Crippen LogP contribution in [0.25, 0.3) is 0 Å². The summed E-state index contributed by atoms with van der Waals surface area (Å²) in [6, 6.07) is 5.69. The van der Waals surface area contributed by atoms with E-state index in [1.54, 1.807) is 6.07 Å². The van der Waals surface area contributed by atoms with Gasteiger partial charge in [0.15, 0.2) is 0 Å². The Morgan fingerprint density at radius 1 is 1.35 bits per heavy atom. The van der Waals surface area contributed by atoms with Gasteiger partial charge in [0.25, 0.3) is 0 Å². The summed E-state index contributed by atoms with van der Waals surface area (Å²) < 4.78 is 5.50. The second kappa shape index (κ2) is 7.32. The smallest absolute Gasteiger partial charge is 0.302 e. The first-order chi connectivity index (χ1) is 9.35. The van der Waals surface area contributed by atoms with Crippen LogP contribution in [0.15, 0.2) is 18.2 Å². The van der Waals surface area contributed by atoms with Crippen molar-refractivity contribution in [3.8, 4) is 5.75 Å². The third kappa shape index (κ3) is 4.55. The van der Waals surface area contributed by atoms with Crippen molar-refractivity contribution in [2.75, 3.05) is 0 Å². The van der Waals surface area contributed by atoms with E-state index in [4.69, 9.17) is 4.74 Å². The molecule has 1 rings (SSSR count). The highest BCUT2D eigenvalue weighted by molar-refractivity contribution is 5.66. The zero-order valence-electron chi connectivity index (χ0n) is 13.1. The van der Waals surface area contributed by atoms with E-state index in [0.29, 0.717) is 5.92 Å². The standard InChI is InChI=1S/C17H26O3/c1-6-14(15-8-7-12(4)10-16(15)19)17(9-11(2)3)20-13(5)18/h7-8,10-11,14,17,19H,6,9H2,1-5H3. The Morgan fingerprint density at radius 3 is 2.45 bits per heavy atom. The Hall–Kier alpha value is -1.51. The van der Waals surface area contributed by atoms with Crippen molar-refractivity contribution in [2.24, 2.45) is 5.92 Å². The predicted molar refractivity (Wildman–Crippen MR) is 80.9 cm³/mol. The van der Waals surface area contributed by atoms with Crippen molar-refractivity contribution >= 4 is 5.97 Å². The lowest BCUT2D eigenvalue weighted by atomic mass is 9.85. The lowest BCUT2D eigenvalue weighted by molar-refractivity contribution is -0.148. The molecule has 0 aliphatic heterocycles. The molecule has 3 nitrogen and oxygen atoms in total. The molecule has 3 heteroatoms. The van der Waals surface area contributed by atoms with Crippen LogP contribution >= 0.6 is 0 Å². The van der Waals surface area contributed by atoms with Crippen molar-refractivity contribution in [1.29, 1.82) is 0 Å². The van der Waals surface area contributed by atoms with E-state index in [-0.39, 0.29) is 23.7 Å². The van der Waals surface area contributed by atoms with Gasteiger partial charge in [-0.15, -0.1) is 0 Å². The molecule has 1 aromatic rings. The second-order valence-corrected chi connectivity index (χ2v) is 5.85. The summed E-state index contributed by atoms with van der Waals surface area (Å²) in [6.45, 7) is 9.66. The van der Waals surface area contributed by atoms with Crippen molar-refractivity contribution in [3.05, 3.63) is 29.3 Å². The maximum Gasteiger partial charge on any atom is 0.302 e. The lowest BCUT2D eigenvalue weighted by Gasteiger charge is -2.28. The van der Waals surface area contributed by atoms with Gasteiger partial charge in [-0.3, -0.25) is 4.79 Å². The molecule has 0 saturated heterocycles. The Morgan fingerprint density at radius 2 is 2.00 bits per heavy atom. The number of hydrogen-bond acceptors (Lipinski definition) is 3. The number of hydrogen-bond donors (Lipinski definition) is 1. The summed E-state index contributed by atoms with van der Waals surface area (Å²) in [4.78, 5) is 11.3. The molecule has 112 valence electrons. The quantitative estimate of drug-likeness (QED) is 0.794. The van der Waals surface area contributed by atoms with Gasteiger partial charge in [0.2, 0.25) is 0 Å². The van der Waals surface area contributed by atoms with Gasteiger partial charge >= 0.3 is 5.97 Å². The molecule has 1 N–H and O–H groups in total. The zero-order valence-corrected chi connectivity index (χ0v) is 13.1. The third-order valence-corrected chi connectivity index (χ3v) is 3.50. The number of carbonyl (C=O) groups is 1. The van der Waals surface area contributed by atoms with Crippen LogP contribution in [0.4, 0.5) is 0 Å². The topological polar surface area (TPSA) is 46.5 Å². The van der Waals surface area contributed by atoms with Crippen molar-refractivity contribution in [2.45, 2.75) is 59.5 Å².